The lowest BCUT2D eigenvalue weighted by atomic mass is 9.98. The van der Waals surface area contributed by atoms with E-state index in [1.165, 1.54) is 10.9 Å². The van der Waals surface area contributed by atoms with Gasteiger partial charge in [0.15, 0.2) is 0 Å². The molecule has 8 nitrogen and oxygen atoms in total. The number of carbonyl (C=O) groups is 2. The van der Waals surface area contributed by atoms with E-state index < -0.39 is 5.54 Å². The fourth-order valence-corrected chi connectivity index (χ4v) is 6.84. The van der Waals surface area contributed by atoms with Crippen LogP contribution in [0.1, 0.15) is 57.1 Å². The minimum Gasteiger partial charge on any atom is -0.467 e. The number of fused-ring (bicyclic) bond motifs is 1. The second-order valence-corrected chi connectivity index (χ2v) is 13.0. The summed E-state index contributed by atoms with van der Waals surface area (Å²) in [4.78, 5) is 35.5. The van der Waals surface area contributed by atoms with Crippen LogP contribution in [0.3, 0.4) is 0 Å². The Morgan fingerprint density at radius 3 is 2.47 bits per heavy atom. The van der Waals surface area contributed by atoms with E-state index in [1.54, 1.807) is 17.2 Å². The van der Waals surface area contributed by atoms with Gasteiger partial charge in [-0.05, 0) is 86.1 Å². The standard InChI is InChI=1S/C35H42N4O4/c1-23-31(27-10-6-7-11-29(27)36-23)32-28(34(32,2)3)21-30(40)39(22-26-9-8-18-43-26)35(4,5)33(41)37-24-12-14-25(15-13-24)38-16-19-42-20-17-38/h6-15,18,28,32,36H,16-17,19-22H2,1-5H3,(H,37,41)/t28-,32+/m0/s1. The normalized spacial score (nSPS) is 19.8. The van der Waals surface area contributed by atoms with Gasteiger partial charge in [0.05, 0.1) is 26.0 Å². The van der Waals surface area contributed by atoms with Crippen molar-refractivity contribution in [1.29, 1.82) is 0 Å². The van der Waals surface area contributed by atoms with Crippen molar-refractivity contribution in [3.63, 3.8) is 0 Å². The van der Waals surface area contributed by atoms with Gasteiger partial charge in [-0.1, -0.05) is 32.0 Å². The summed E-state index contributed by atoms with van der Waals surface area (Å²) in [6.07, 6.45) is 1.95. The molecule has 43 heavy (non-hydrogen) atoms. The molecule has 4 aromatic rings. The van der Waals surface area contributed by atoms with Crippen molar-refractivity contribution in [2.24, 2.45) is 11.3 Å². The van der Waals surface area contributed by atoms with Gasteiger partial charge in [-0.3, -0.25) is 9.59 Å². The molecular weight excluding hydrogens is 540 g/mol. The van der Waals surface area contributed by atoms with E-state index in [0.29, 0.717) is 31.1 Å². The number of hydrogen-bond donors (Lipinski definition) is 2. The van der Waals surface area contributed by atoms with Crippen LogP contribution in [0.15, 0.2) is 71.3 Å². The third-order valence-corrected chi connectivity index (χ3v) is 9.63. The summed E-state index contributed by atoms with van der Waals surface area (Å²) in [5.41, 5.74) is 4.20. The van der Waals surface area contributed by atoms with Crippen LogP contribution in [0.4, 0.5) is 11.4 Å². The monoisotopic (exact) mass is 582 g/mol. The number of nitrogens with zero attached hydrogens (tertiary/aromatic N) is 2. The first-order valence-electron chi connectivity index (χ1n) is 15.2. The van der Waals surface area contributed by atoms with Gasteiger partial charge in [0.25, 0.3) is 0 Å². The van der Waals surface area contributed by atoms with Gasteiger partial charge >= 0.3 is 0 Å². The van der Waals surface area contributed by atoms with Crippen LogP contribution in [0.5, 0.6) is 0 Å². The first-order chi connectivity index (χ1) is 20.6. The highest BCUT2D eigenvalue weighted by Crippen LogP contribution is 2.67. The number of amides is 2. The van der Waals surface area contributed by atoms with E-state index in [-0.39, 0.29) is 35.6 Å². The third-order valence-electron chi connectivity index (χ3n) is 9.63. The van der Waals surface area contributed by atoms with Crippen LogP contribution in [0.2, 0.25) is 0 Å². The zero-order chi connectivity index (χ0) is 30.4. The van der Waals surface area contributed by atoms with Crippen LogP contribution >= 0.6 is 0 Å². The average molecular weight is 583 g/mol. The lowest BCUT2D eigenvalue weighted by Crippen LogP contribution is -2.54. The molecular formula is C35H42N4O4. The Morgan fingerprint density at radius 1 is 1.05 bits per heavy atom. The molecule has 1 saturated carbocycles. The Hall–Kier alpha value is -4.04. The maximum Gasteiger partial charge on any atom is 0.249 e. The Labute approximate surface area is 253 Å². The van der Waals surface area contributed by atoms with Crippen LogP contribution in [0, 0.1) is 18.3 Å². The van der Waals surface area contributed by atoms with Crippen molar-refractivity contribution >= 4 is 34.1 Å². The first-order valence-corrected chi connectivity index (χ1v) is 15.2. The van der Waals surface area contributed by atoms with Gasteiger partial charge in [-0.2, -0.15) is 0 Å². The van der Waals surface area contributed by atoms with Crippen molar-refractivity contribution in [2.45, 2.75) is 59.0 Å². The van der Waals surface area contributed by atoms with Gasteiger partial charge < -0.3 is 29.3 Å². The summed E-state index contributed by atoms with van der Waals surface area (Å²) in [6.45, 7) is 13.6. The Kier molecular flexibility index (Phi) is 7.59. The van der Waals surface area contributed by atoms with Gasteiger partial charge in [0.2, 0.25) is 11.8 Å². The van der Waals surface area contributed by atoms with E-state index >= 15 is 0 Å². The number of aromatic nitrogens is 1. The fourth-order valence-electron chi connectivity index (χ4n) is 6.84. The number of hydrogen-bond acceptors (Lipinski definition) is 5. The number of ether oxygens (including phenoxy) is 1. The number of nitrogens with one attached hydrogen (secondary N) is 2. The first kappa shape index (κ1) is 29.1. The number of carbonyl (C=O) groups excluding carboxylic acids is 2. The highest BCUT2D eigenvalue weighted by molar-refractivity contribution is 6.00. The number of furan rings is 1. The molecule has 6 rings (SSSR count). The summed E-state index contributed by atoms with van der Waals surface area (Å²) in [5, 5.41) is 4.28. The van der Waals surface area contributed by atoms with Crippen molar-refractivity contribution in [3.05, 3.63) is 83.9 Å². The highest BCUT2D eigenvalue weighted by atomic mass is 16.5. The second kappa shape index (κ2) is 11.2. The molecule has 1 aliphatic heterocycles. The molecule has 0 radical (unpaired) electrons. The molecule has 2 aliphatic rings. The summed E-state index contributed by atoms with van der Waals surface area (Å²) < 4.78 is 11.1. The summed E-state index contributed by atoms with van der Waals surface area (Å²) in [7, 11) is 0. The molecule has 2 amide bonds. The molecule has 0 spiro atoms. The van der Waals surface area contributed by atoms with E-state index in [4.69, 9.17) is 9.15 Å². The van der Waals surface area contributed by atoms with Crippen LogP contribution < -0.4 is 10.2 Å². The number of anilines is 2. The molecule has 2 aromatic heterocycles. The van der Waals surface area contributed by atoms with E-state index in [0.717, 1.165) is 30.0 Å². The second-order valence-electron chi connectivity index (χ2n) is 13.0. The Morgan fingerprint density at radius 2 is 1.77 bits per heavy atom. The molecule has 2 aromatic carbocycles. The Bertz CT molecular complexity index is 1600. The van der Waals surface area contributed by atoms with Crippen molar-refractivity contribution in [2.75, 3.05) is 36.5 Å². The minimum absolute atomic E-state index is 0.0453. The smallest absolute Gasteiger partial charge is 0.249 e. The molecule has 8 heteroatoms. The molecule has 226 valence electrons. The molecule has 0 unspecified atom stereocenters. The van der Waals surface area contributed by atoms with E-state index in [1.807, 2.05) is 50.2 Å². The molecule has 0 bridgehead atoms. The van der Waals surface area contributed by atoms with Crippen LogP contribution in [0.25, 0.3) is 10.9 Å². The summed E-state index contributed by atoms with van der Waals surface area (Å²) in [6, 6.07) is 19.9. The summed E-state index contributed by atoms with van der Waals surface area (Å²) in [5.74, 6) is 0.745. The number of para-hydroxylation sites is 1. The van der Waals surface area contributed by atoms with Gasteiger partial charge in [-0.25, -0.2) is 0 Å². The number of H-pyrrole nitrogens is 1. The molecule has 1 aliphatic carbocycles. The Balaban J connectivity index is 1.20. The van der Waals surface area contributed by atoms with Gasteiger partial charge in [0, 0.05) is 47.5 Å². The van der Waals surface area contributed by atoms with Gasteiger partial charge in [0.1, 0.15) is 11.3 Å². The third kappa shape index (κ3) is 5.56. The van der Waals surface area contributed by atoms with Crippen LogP contribution in [-0.2, 0) is 20.9 Å². The van der Waals surface area contributed by atoms with Gasteiger partial charge in [-0.15, -0.1) is 0 Å². The predicted molar refractivity (Wildman–Crippen MR) is 169 cm³/mol. The lowest BCUT2D eigenvalue weighted by molar-refractivity contribution is -0.145. The topological polar surface area (TPSA) is 90.8 Å². The number of morpholine rings is 1. The zero-order valence-corrected chi connectivity index (χ0v) is 25.8. The average Bonchev–Trinajstić information content (AvgIpc) is 3.36. The predicted octanol–water partition coefficient (Wildman–Crippen LogP) is 6.48. The lowest BCUT2D eigenvalue weighted by Gasteiger charge is -2.37. The van der Waals surface area contributed by atoms with Crippen molar-refractivity contribution in [1.82, 2.24) is 9.88 Å². The van der Waals surface area contributed by atoms with E-state index in [2.05, 4.69) is 54.2 Å². The SMILES string of the molecule is Cc1[nH]c2ccccc2c1[C@H]1[C@H](CC(=O)N(Cc2ccco2)C(C)(C)C(=O)Nc2ccc(N3CCOCC3)cc2)C1(C)C. The number of rotatable bonds is 9. The molecule has 1 saturated heterocycles. The summed E-state index contributed by atoms with van der Waals surface area (Å²) >= 11 is 0. The largest absolute Gasteiger partial charge is 0.467 e. The number of aryl methyl sites for hydroxylation is 1. The maximum absolute atomic E-state index is 14.2. The number of benzene rings is 2. The van der Waals surface area contributed by atoms with E-state index in [9.17, 15) is 9.59 Å². The van der Waals surface area contributed by atoms with Crippen molar-refractivity contribution in [3.8, 4) is 0 Å². The molecule has 2 N–H and O–H groups in total. The van der Waals surface area contributed by atoms with Crippen LogP contribution in [-0.4, -0.2) is 53.5 Å². The molecule has 2 atom stereocenters. The quantitative estimate of drug-likeness (QED) is 0.236. The molecule has 2 fully saturated rings. The maximum atomic E-state index is 14.2. The highest BCUT2D eigenvalue weighted by Gasteiger charge is 2.60. The zero-order valence-electron chi connectivity index (χ0n) is 25.8. The molecule has 3 heterocycles. The minimum atomic E-state index is -1.13. The van der Waals surface area contributed by atoms with Crippen molar-refractivity contribution < 1.29 is 18.7 Å². The number of aromatic amines is 1. The fraction of sp³-hybridized carbons (Fsp3) is 0.429.